The molecule has 3 aliphatic rings. The number of rotatable bonds is 0. The first kappa shape index (κ1) is 12.6. The van der Waals surface area contributed by atoms with Crippen LogP contribution >= 0.6 is 0 Å². The van der Waals surface area contributed by atoms with Gasteiger partial charge in [-0.2, -0.15) is 0 Å². The maximum Gasteiger partial charge on any atom is 0.334 e. The van der Waals surface area contributed by atoms with Crippen LogP contribution in [0.1, 0.15) is 26.7 Å². The molecule has 2 fully saturated rings. The summed E-state index contributed by atoms with van der Waals surface area (Å²) in [5.41, 5.74) is -1.90. The minimum Gasteiger partial charge on any atom is -0.457 e. The van der Waals surface area contributed by atoms with E-state index in [1.165, 1.54) is 6.08 Å². The van der Waals surface area contributed by atoms with E-state index < -0.39 is 23.1 Å². The molecular formula is C15H18O4. The highest BCUT2D eigenvalue weighted by Crippen LogP contribution is 2.56. The zero-order chi connectivity index (χ0) is 14.0. The lowest BCUT2D eigenvalue weighted by Crippen LogP contribution is -2.56. The van der Waals surface area contributed by atoms with Crippen LogP contribution in [0, 0.1) is 17.3 Å². The second-order valence-electron chi connectivity index (χ2n) is 6.16. The summed E-state index contributed by atoms with van der Waals surface area (Å²) in [4.78, 5) is 24.1. The Balaban J connectivity index is 2.16. The predicted octanol–water partition coefficient (Wildman–Crippen LogP) is 1.39. The molecule has 5 atom stereocenters. The van der Waals surface area contributed by atoms with E-state index in [9.17, 15) is 14.7 Å². The summed E-state index contributed by atoms with van der Waals surface area (Å²) < 4.78 is 5.40. The van der Waals surface area contributed by atoms with Crippen LogP contribution in [-0.2, 0) is 14.3 Å². The van der Waals surface area contributed by atoms with E-state index in [0.29, 0.717) is 5.57 Å². The average Bonchev–Trinajstić information content (AvgIpc) is 2.76. The number of ketones is 1. The number of aliphatic hydroxyl groups is 1. The van der Waals surface area contributed by atoms with Crippen molar-refractivity contribution in [3.8, 4) is 0 Å². The average molecular weight is 262 g/mol. The van der Waals surface area contributed by atoms with E-state index in [2.05, 4.69) is 6.58 Å². The van der Waals surface area contributed by atoms with Crippen LogP contribution < -0.4 is 0 Å². The Morgan fingerprint density at radius 2 is 2.11 bits per heavy atom. The second kappa shape index (κ2) is 3.57. The molecule has 0 aromatic rings. The van der Waals surface area contributed by atoms with Crippen molar-refractivity contribution in [3.63, 3.8) is 0 Å². The van der Waals surface area contributed by atoms with Crippen molar-refractivity contribution in [3.05, 3.63) is 24.3 Å². The van der Waals surface area contributed by atoms with Crippen LogP contribution in [0.15, 0.2) is 24.3 Å². The molecule has 0 bridgehead atoms. The molecule has 0 aromatic carbocycles. The van der Waals surface area contributed by atoms with E-state index in [4.69, 9.17) is 4.74 Å². The van der Waals surface area contributed by atoms with Gasteiger partial charge in [0.15, 0.2) is 5.78 Å². The molecule has 3 rings (SSSR count). The monoisotopic (exact) mass is 262 g/mol. The molecule has 2 aliphatic carbocycles. The summed E-state index contributed by atoms with van der Waals surface area (Å²) in [5.74, 6) is -0.829. The molecule has 0 spiro atoms. The summed E-state index contributed by atoms with van der Waals surface area (Å²) >= 11 is 0. The van der Waals surface area contributed by atoms with Gasteiger partial charge in [0.1, 0.15) is 17.1 Å². The number of carbonyl (C=O) groups is 2. The molecular weight excluding hydrogens is 244 g/mol. The van der Waals surface area contributed by atoms with Gasteiger partial charge in [-0.15, -0.1) is 0 Å². The summed E-state index contributed by atoms with van der Waals surface area (Å²) in [5, 5.41) is 11.0. The molecule has 0 aromatic heterocycles. The quantitative estimate of drug-likeness (QED) is 0.529. The number of hydrogen-bond donors (Lipinski definition) is 1. The van der Waals surface area contributed by atoms with Gasteiger partial charge in [0.05, 0.1) is 0 Å². The van der Waals surface area contributed by atoms with Crippen LogP contribution in [0.4, 0.5) is 0 Å². The highest BCUT2D eigenvalue weighted by molar-refractivity contribution is 6.01. The van der Waals surface area contributed by atoms with E-state index in [0.717, 1.165) is 12.8 Å². The molecule has 4 nitrogen and oxygen atoms in total. The third kappa shape index (κ3) is 1.27. The Kier molecular flexibility index (Phi) is 2.37. The highest BCUT2D eigenvalue weighted by Gasteiger charge is 2.66. The fraction of sp³-hybridized carbons (Fsp3) is 0.600. The number of fused-ring (bicyclic) bond motifs is 3. The van der Waals surface area contributed by atoms with Gasteiger partial charge in [-0.3, -0.25) is 4.79 Å². The van der Waals surface area contributed by atoms with E-state index in [-0.39, 0.29) is 17.6 Å². The van der Waals surface area contributed by atoms with Crippen molar-refractivity contribution in [1.82, 2.24) is 0 Å². The lowest BCUT2D eigenvalue weighted by molar-refractivity contribution is -0.165. The summed E-state index contributed by atoms with van der Waals surface area (Å²) in [6, 6.07) is 0. The van der Waals surface area contributed by atoms with Crippen LogP contribution in [-0.4, -0.2) is 28.6 Å². The minimum absolute atomic E-state index is 0.0581. The van der Waals surface area contributed by atoms with Crippen molar-refractivity contribution in [1.29, 1.82) is 0 Å². The maximum absolute atomic E-state index is 12.3. The van der Waals surface area contributed by atoms with Crippen molar-refractivity contribution < 1.29 is 19.4 Å². The Hall–Kier alpha value is -1.42. The minimum atomic E-state index is -1.24. The number of carbonyl (C=O) groups excluding carboxylic acids is 2. The Morgan fingerprint density at radius 1 is 1.42 bits per heavy atom. The normalized spacial score (nSPS) is 48.8. The Morgan fingerprint density at radius 3 is 2.79 bits per heavy atom. The van der Waals surface area contributed by atoms with E-state index in [1.54, 1.807) is 13.0 Å². The number of hydrogen-bond acceptors (Lipinski definition) is 4. The first-order chi connectivity index (χ1) is 8.82. The van der Waals surface area contributed by atoms with Crippen LogP contribution in [0.3, 0.4) is 0 Å². The maximum atomic E-state index is 12.3. The van der Waals surface area contributed by atoms with E-state index in [1.807, 2.05) is 6.92 Å². The zero-order valence-corrected chi connectivity index (χ0v) is 11.2. The third-order valence-electron chi connectivity index (χ3n) is 5.37. The number of ether oxygens (including phenoxy) is 1. The lowest BCUT2D eigenvalue weighted by atomic mass is 9.65. The van der Waals surface area contributed by atoms with Crippen LogP contribution in [0.5, 0.6) is 0 Å². The van der Waals surface area contributed by atoms with Crippen molar-refractivity contribution in [2.24, 2.45) is 17.3 Å². The van der Waals surface area contributed by atoms with Crippen molar-refractivity contribution in [2.75, 3.05) is 0 Å². The highest BCUT2D eigenvalue weighted by atomic mass is 16.6. The predicted molar refractivity (Wildman–Crippen MR) is 68.1 cm³/mol. The van der Waals surface area contributed by atoms with Crippen molar-refractivity contribution >= 4 is 11.8 Å². The molecule has 0 unspecified atom stereocenters. The van der Waals surface area contributed by atoms with Crippen molar-refractivity contribution in [2.45, 2.75) is 38.4 Å². The second-order valence-corrected chi connectivity index (χ2v) is 6.16. The van der Waals surface area contributed by atoms with E-state index >= 15 is 0 Å². The summed E-state index contributed by atoms with van der Waals surface area (Å²) in [6.45, 7) is 7.44. The molecule has 0 amide bonds. The van der Waals surface area contributed by atoms with Crippen LogP contribution in [0.25, 0.3) is 0 Å². The smallest absolute Gasteiger partial charge is 0.334 e. The SMILES string of the molecule is C=C1C(=O)O[C@H]2[C@@H]1CC[C@H](C)[C@@]1(O)C=CC(=O)[C@]21C. The van der Waals surface area contributed by atoms with Gasteiger partial charge in [-0.05, 0) is 37.8 Å². The Bertz CT molecular complexity index is 520. The molecule has 1 saturated carbocycles. The molecule has 102 valence electrons. The number of esters is 1. The molecule has 1 heterocycles. The van der Waals surface area contributed by atoms with Gasteiger partial charge in [-0.25, -0.2) is 4.79 Å². The molecule has 0 radical (unpaired) electrons. The third-order valence-corrected chi connectivity index (χ3v) is 5.37. The molecule has 1 saturated heterocycles. The summed E-state index contributed by atoms with van der Waals surface area (Å²) in [7, 11) is 0. The molecule has 19 heavy (non-hydrogen) atoms. The fourth-order valence-corrected chi connectivity index (χ4v) is 3.89. The lowest BCUT2D eigenvalue weighted by Gasteiger charge is -2.43. The van der Waals surface area contributed by atoms with Gasteiger partial charge in [0, 0.05) is 11.5 Å². The largest absolute Gasteiger partial charge is 0.457 e. The zero-order valence-electron chi connectivity index (χ0n) is 11.2. The first-order valence-corrected chi connectivity index (χ1v) is 6.68. The number of allylic oxidation sites excluding steroid dienone is 1. The fourth-order valence-electron chi connectivity index (χ4n) is 3.89. The summed E-state index contributed by atoms with van der Waals surface area (Å²) in [6.07, 6.45) is 3.85. The standard InChI is InChI=1S/C15H18O4/c1-8-4-5-10-9(2)13(17)19-12(10)14(3)11(16)6-7-15(8,14)18/h6-8,10,12,18H,2,4-5H2,1,3H3/t8-,10+,12-,14+,15-/m0/s1. The van der Waals surface area contributed by atoms with Gasteiger partial charge in [0.2, 0.25) is 0 Å². The van der Waals surface area contributed by atoms with Gasteiger partial charge < -0.3 is 9.84 Å². The van der Waals surface area contributed by atoms with Gasteiger partial charge in [-0.1, -0.05) is 13.5 Å². The molecule has 1 aliphatic heterocycles. The first-order valence-electron chi connectivity index (χ1n) is 6.68. The molecule has 1 N–H and O–H groups in total. The topological polar surface area (TPSA) is 63.6 Å². The Labute approximate surface area is 112 Å². The van der Waals surface area contributed by atoms with Gasteiger partial charge in [0.25, 0.3) is 0 Å². The molecule has 4 heteroatoms. The van der Waals surface area contributed by atoms with Gasteiger partial charge >= 0.3 is 5.97 Å². The van der Waals surface area contributed by atoms with Crippen LogP contribution in [0.2, 0.25) is 0 Å².